The summed E-state index contributed by atoms with van der Waals surface area (Å²) in [4.78, 5) is 37.1. The lowest BCUT2D eigenvalue weighted by Gasteiger charge is -2.29. The number of hydrogen-bond acceptors (Lipinski definition) is 3. The summed E-state index contributed by atoms with van der Waals surface area (Å²) in [5, 5.41) is 14.5. The highest BCUT2D eigenvalue weighted by Gasteiger charge is 2.27. The molecule has 0 unspecified atom stereocenters. The molecule has 1 saturated carbocycles. The van der Waals surface area contributed by atoms with Crippen LogP contribution < -0.4 is 10.6 Å². The predicted molar refractivity (Wildman–Crippen MR) is 95.5 cm³/mol. The van der Waals surface area contributed by atoms with Gasteiger partial charge in [0.2, 0.25) is 5.91 Å². The van der Waals surface area contributed by atoms with Crippen LogP contribution in [0.2, 0.25) is 0 Å². The van der Waals surface area contributed by atoms with Gasteiger partial charge in [-0.15, -0.1) is 0 Å². The van der Waals surface area contributed by atoms with Gasteiger partial charge in [0.25, 0.3) is 0 Å². The first-order valence-corrected chi connectivity index (χ1v) is 9.14. The zero-order valence-corrected chi connectivity index (χ0v) is 14.7. The molecular formula is C19H25N3O4. The van der Waals surface area contributed by atoms with E-state index in [1.165, 1.54) is 5.56 Å². The minimum absolute atomic E-state index is 0.0254. The number of urea groups is 1. The second kappa shape index (κ2) is 8.21. The van der Waals surface area contributed by atoms with Gasteiger partial charge in [-0.1, -0.05) is 24.3 Å². The number of carbonyl (C=O) groups is 3. The Morgan fingerprint density at radius 1 is 1.08 bits per heavy atom. The van der Waals surface area contributed by atoms with Gasteiger partial charge in [0.05, 0.1) is 12.5 Å². The molecule has 7 heteroatoms. The van der Waals surface area contributed by atoms with Gasteiger partial charge in [0.1, 0.15) is 0 Å². The standard InChI is InChI=1S/C19H25N3O4/c23-17(22-10-9-13-3-1-2-4-15(13)12-22)11-20-19(26)21-16-7-5-14(6-8-16)18(24)25/h1-4,14,16H,5-12H2,(H,24,25)(H2,20,21,26). The summed E-state index contributed by atoms with van der Waals surface area (Å²) < 4.78 is 0. The van der Waals surface area contributed by atoms with E-state index in [2.05, 4.69) is 16.7 Å². The van der Waals surface area contributed by atoms with Crippen molar-refractivity contribution in [2.75, 3.05) is 13.1 Å². The molecule has 0 spiro atoms. The molecule has 0 saturated heterocycles. The number of carboxylic acid groups (broad SMARTS) is 1. The van der Waals surface area contributed by atoms with E-state index in [0.717, 1.165) is 12.0 Å². The van der Waals surface area contributed by atoms with Gasteiger partial charge in [-0.2, -0.15) is 0 Å². The first-order valence-electron chi connectivity index (χ1n) is 9.14. The summed E-state index contributed by atoms with van der Waals surface area (Å²) in [6, 6.07) is 7.70. The first-order chi connectivity index (χ1) is 12.5. The molecule has 3 rings (SSSR count). The van der Waals surface area contributed by atoms with E-state index >= 15 is 0 Å². The highest BCUT2D eigenvalue weighted by molar-refractivity contribution is 5.84. The monoisotopic (exact) mass is 359 g/mol. The van der Waals surface area contributed by atoms with Crippen molar-refractivity contribution in [3.63, 3.8) is 0 Å². The summed E-state index contributed by atoms with van der Waals surface area (Å²) in [5.41, 5.74) is 2.44. The number of amides is 3. The quantitative estimate of drug-likeness (QED) is 0.759. The fourth-order valence-electron chi connectivity index (χ4n) is 3.70. The van der Waals surface area contributed by atoms with Crippen LogP contribution in [0, 0.1) is 5.92 Å². The van der Waals surface area contributed by atoms with Crippen molar-refractivity contribution in [3.8, 4) is 0 Å². The lowest BCUT2D eigenvalue weighted by molar-refractivity contribution is -0.142. The van der Waals surface area contributed by atoms with E-state index in [0.29, 0.717) is 38.8 Å². The van der Waals surface area contributed by atoms with Gasteiger partial charge >= 0.3 is 12.0 Å². The van der Waals surface area contributed by atoms with Crippen LogP contribution in [-0.2, 0) is 22.6 Å². The molecule has 1 aromatic carbocycles. The molecule has 1 fully saturated rings. The Morgan fingerprint density at radius 3 is 2.46 bits per heavy atom. The van der Waals surface area contributed by atoms with E-state index in [1.54, 1.807) is 4.90 Å². The lowest BCUT2D eigenvalue weighted by Crippen LogP contribution is -2.48. The minimum atomic E-state index is -0.762. The fourth-order valence-corrected chi connectivity index (χ4v) is 3.70. The van der Waals surface area contributed by atoms with Crippen LogP contribution in [-0.4, -0.2) is 47.0 Å². The SMILES string of the molecule is O=C(NCC(=O)N1CCc2ccccc2C1)NC1CCC(C(=O)O)CC1. The molecule has 1 aromatic rings. The summed E-state index contributed by atoms with van der Waals surface area (Å²) in [7, 11) is 0. The molecule has 26 heavy (non-hydrogen) atoms. The van der Waals surface area contributed by atoms with Crippen LogP contribution in [0.5, 0.6) is 0 Å². The number of rotatable bonds is 4. The minimum Gasteiger partial charge on any atom is -0.481 e. The van der Waals surface area contributed by atoms with E-state index in [-0.39, 0.29) is 30.4 Å². The number of carbonyl (C=O) groups excluding carboxylic acids is 2. The Hall–Kier alpha value is -2.57. The molecule has 0 aromatic heterocycles. The summed E-state index contributed by atoms with van der Waals surface area (Å²) in [6.07, 6.45) is 3.29. The number of nitrogens with one attached hydrogen (secondary N) is 2. The van der Waals surface area contributed by atoms with E-state index in [9.17, 15) is 14.4 Å². The Balaban J connectivity index is 1.40. The number of aliphatic carboxylic acids is 1. The van der Waals surface area contributed by atoms with Gasteiger partial charge in [0.15, 0.2) is 0 Å². The second-order valence-corrected chi connectivity index (χ2v) is 7.05. The number of nitrogens with zero attached hydrogens (tertiary/aromatic N) is 1. The van der Waals surface area contributed by atoms with Crippen LogP contribution in [0.25, 0.3) is 0 Å². The maximum absolute atomic E-state index is 12.3. The van der Waals surface area contributed by atoms with E-state index in [1.807, 2.05) is 18.2 Å². The highest BCUT2D eigenvalue weighted by atomic mass is 16.4. The van der Waals surface area contributed by atoms with E-state index in [4.69, 9.17) is 5.11 Å². The molecule has 140 valence electrons. The Labute approximate surface area is 152 Å². The molecule has 3 amide bonds. The van der Waals surface area contributed by atoms with Crippen LogP contribution in [0.4, 0.5) is 4.79 Å². The smallest absolute Gasteiger partial charge is 0.315 e. The molecule has 1 aliphatic heterocycles. The average molecular weight is 359 g/mol. The molecule has 1 aliphatic carbocycles. The lowest BCUT2D eigenvalue weighted by atomic mass is 9.86. The zero-order chi connectivity index (χ0) is 18.5. The topological polar surface area (TPSA) is 98.7 Å². The Morgan fingerprint density at radius 2 is 1.77 bits per heavy atom. The molecule has 3 N–H and O–H groups in total. The molecular weight excluding hydrogens is 334 g/mol. The molecule has 0 radical (unpaired) electrons. The van der Waals surface area contributed by atoms with Gasteiger partial charge in [-0.25, -0.2) is 4.79 Å². The maximum atomic E-state index is 12.3. The summed E-state index contributed by atoms with van der Waals surface area (Å²) in [5.74, 6) is -1.16. The van der Waals surface area contributed by atoms with Crippen molar-refractivity contribution < 1.29 is 19.5 Å². The predicted octanol–water partition coefficient (Wildman–Crippen LogP) is 1.51. The van der Waals surface area contributed by atoms with Crippen LogP contribution in [0.15, 0.2) is 24.3 Å². The van der Waals surface area contributed by atoms with Gasteiger partial charge in [-0.3, -0.25) is 9.59 Å². The largest absolute Gasteiger partial charge is 0.481 e. The van der Waals surface area contributed by atoms with Gasteiger partial charge < -0.3 is 20.6 Å². The Kier molecular flexibility index (Phi) is 5.75. The van der Waals surface area contributed by atoms with Crippen molar-refractivity contribution in [3.05, 3.63) is 35.4 Å². The number of carboxylic acids is 1. The number of hydrogen-bond donors (Lipinski definition) is 3. The highest BCUT2D eigenvalue weighted by Crippen LogP contribution is 2.24. The number of fused-ring (bicyclic) bond motifs is 1. The molecule has 0 bridgehead atoms. The third-order valence-electron chi connectivity index (χ3n) is 5.30. The van der Waals surface area contributed by atoms with Gasteiger partial charge in [-0.05, 0) is 43.2 Å². The van der Waals surface area contributed by atoms with Crippen LogP contribution in [0.3, 0.4) is 0 Å². The zero-order valence-electron chi connectivity index (χ0n) is 14.7. The maximum Gasteiger partial charge on any atom is 0.315 e. The van der Waals surface area contributed by atoms with Crippen molar-refractivity contribution in [2.45, 2.75) is 44.7 Å². The third-order valence-corrected chi connectivity index (χ3v) is 5.30. The van der Waals surface area contributed by atoms with Crippen molar-refractivity contribution in [1.29, 1.82) is 0 Å². The normalized spacial score (nSPS) is 22.2. The van der Waals surface area contributed by atoms with E-state index < -0.39 is 5.97 Å². The van der Waals surface area contributed by atoms with Crippen LogP contribution in [0.1, 0.15) is 36.8 Å². The summed E-state index contributed by atoms with van der Waals surface area (Å²) >= 11 is 0. The molecule has 1 heterocycles. The van der Waals surface area contributed by atoms with Crippen molar-refractivity contribution >= 4 is 17.9 Å². The van der Waals surface area contributed by atoms with Crippen LogP contribution >= 0.6 is 0 Å². The third kappa shape index (κ3) is 4.53. The van der Waals surface area contributed by atoms with Gasteiger partial charge in [0, 0.05) is 19.1 Å². The molecule has 0 atom stereocenters. The average Bonchev–Trinajstić information content (AvgIpc) is 2.66. The molecule has 2 aliphatic rings. The van der Waals surface area contributed by atoms with Crippen molar-refractivity contribution in [2.24, 2.45) is 5.92 Å². The Bertz CT molecular complexity index is 683. The van der Waals surface area contributed by atoms with Crippen molar-refractivity contribution in [1.82, 2.24) is 15.5 Å². The fraction of sp³-hybridized carbons (Fsp3) is 0.526. The molecule has 7 nitrogen and oxygen atoms in total. The second-order valence-electron chi connectivity index (χ2n) is 7.05. The first kappa shape index (κ1) is 18.2. The number of benzene rings is 1. The summed E-state index contributed by atoms with van der Waals surface area (Å²) in [6.45, 7) is 1.22.